The first kappa shape index (κ1) is 9.82. The van der Waals surface area contributed by atoms with Crippen molar-refractivity contribution in [1.82, 2.24) is 0 Å². The molecule has 0 fully saturated rings. The van der Waals surface area contributed by atoms with Gasteiger partial charge in [0.15, 0.2) is 0 Å². The van der Waals surface area contributed by atoms with Crippen molar-refractivity contribution in [2.75, 3.05) is 5.73 Å². The highest BCUT2D eigenvalue weighted by Gasteiger charge is 2.11. The molecule has 0 aliphatic heterocycles. The number of anilines is 1. The van der Waals surface area contributed by atoms with Crippen molar-refractivity contribution >= 4 is 17.3 Å². The molecule has 1 rings (SSSR count). The highest BCUT2D eigenvalue weighted by Crippen LogP contribution is 2.28. The van der Waals surface area contributed by atoms with Gasteiger partial charge in [0.2, 0.25) is 0 Å². The summed E-state index contributed by atoms with van der Waals surface area (Å²) >= 11 is 5.79. The zero-order chi connectivity index (χ0) is 10.0. The first-order valence-corrected chi connectivity index (χ1v) is 4.05. The molecule has 0 spiro atoms. The van der Waals surface area contributed by atoms with E-state index in [4.69, 9.17) is 22.6 Å². The van der Waals surface area contributed by atoms with E-state index in [0.717, 1.165) is 6.07 Å². The Labute approximate surface area is 80.7 Å². The molecule has 68 valence electrons. The summed E-state index contributed by atoms with van der Waals surface area (Å²) in [6, 6.07) is 3.01. The van der Waals surface area contributed by atoms with E-state index in [1.54, 1.807) is 6.92 Å². The second-order valence-electron chi connectivity index (χ2n) is 2.70. The second-order valence-corrected chi connectivity index (χ2v) is 3.08. The molecule has 13 heavy (non-hydrogen) atoms. The fourth-order valence-corrected chi connectivity index (χ4v) is 1.28. The molecule has 0 saturated carbocycles. The monoisotopic (exact) mass is 198 g/mol. The van der Waals surface area contributed by atoms with Gasteiger partial charge >= 0.3 is 0 Å². The molecule has 2 nitrogen and oxygen atoms in total. The summed E-state index contributed by atoms with van der Waals surface area (Å²) in [5.41, 5.74) is 6.50. The summed E-state index contributed by atoms with van der Waals surface area (Å²) < 4.78 is 13.2. The average Bonchev–Trinajstić information content (AvgIpc) is 2.09. The van der Waals surface area contributed by atoms with Crippen LogP contribution in [-0.4, -0.2) is 0 Å². The lowest BCUT2D eigenvalue weighted by Gasteiger charge is -2.07. The molecule has 0 unspecified atom stereocenters. The number of nitrogens with zero attached hydrogens (tertiary/aromatic N) is 1. The van der Waals surface area contributed by atoms with Crippen molar-refractivity contribution < 1.29 is 4.39 Å². The lowest BCUT2D eigenvalue weighted by atomic mass is 10.0. The normalized spacial score (nSPS) is 9.69. The molecule has 1 aromatic rings. The predicted octanol–water partition coefficient (Wildman–Crippen LogP) is 2.44. The van der Waals surface area contributed by atoms with Crippen LogP contribution in [0.5, 0.6) is 0 Å². The molecule has 0 aromatic heterocycles. The highest BCUT2D eigenvalue weighted by atomic mass is 35.5. The maximum Gasteiger partial charge on any atom is 0.129 e. The number of halogens is 2. The molecule has 2 N–H and O–H groups in total. The average molecular weight is 199 g/mol. The summed E-state index contributed by atoms with van der Waals surface area (Å²) in [6.07, 6.45) is 0.0116. The maximum absolute atomic E-state index is 13.2. The van der Waals surface area contributed by atoms with Crippen molar-refractivity contribution in [3.05, 3.63) is 28.0 Å². The van der Waals surface area contributed by atoms with Crippen molar-refractivity contribution in [3.63, 3.8) is 0 Å². The molecule has 0 atom stereocenters. The Kier molecular flexibility index (Phi) is 2.74. The van der Waals surface area contributed by atoms with Crippen LogP contribution in [-0.2, 0) is 6.42 Å². The van der Waals surface area contributed by atoms with Crippen LogP contribution in [0.15, 0.2) is 6.07 Å². The van der Waals surface area contributed by atoms with E-state index in [0.29, 0.717) is 16.1 Å². The second kappa shape index (κ2) is 3.63. The van der Waals surface area contributed by atoms with Gasteiger partial charge in [-0.05, 0) is 18.6 Å². The fraction of sp³-hybridized carbons (Fsp3) is 0.222. The van der Waals surface area contributed by atoms with Gasteiger partial charge in [0.05, 0.1) is 23.2 Å². The van der Waals surface area contributed by atoms with E-state index in [-0.39, 0.29) is 12.1 Å². The fourth-order valence-electron chi connectivity index (χ4n) is 1.11. The number of hydrogen-bond donors (Lipinski definition) is 1. The van der Waals surface area contributed by atoms with Crippen LogP contribution in [0.25, 0.3) is 0 Å². The van der Waals surface area contributed by atoms with Crippen molar-refractivity contribution in [3.8, 4) is 6.07 Å². The third kappa shape index (κ3) is 1.73. The van der Waals surface area contributed by atoms with E-state index in [1.807, 2.05) is 6.07 Å². The number of benzene rings is 1. The number of nitrogen functional groups attached to an aromatic ring is 1. The van der Waals surface area contributed by atoms with Gasteiger partial charge in [-0.15, -0.1) is 0 Å². The van der Waals surface area contributed by atoms with Crippen LogP contribution in [0, 0.1) is 24.1 Å². The van der Waals surface area contributed by atoms with E-state index in [9.17, 15) is 4.39 Å². The first-order chi connectivity index (χ1) is 6.07. The predicted molar refractivity (Wildman–Crippen MR) is 49.9 cm³/mol. The summed E-state index contributed by atoms with van der Waals surface area (Å²) in [7, 11) is 0. The summed E-state index contributed by atoms with van der Waals surface area (Å²) in [4.78, 5) is 0. The van der Waals surface area contributed by atoms with E-state index < -0.39 is 5.82 Å². The standard InChI is InChI=1S/C9H8ClFN2/c1-5-6(2-3-12)7(11)4-8(13)9(5)10/h4H,2,13H2,1H3. The smallest absolute Gasteiger partial charge is 0.129 e. The highest BCUT2D eigenvalue weighted by molar-refractivity contribution is 6.33. The van der Waals surface area contributed by atoms with Crippen molar-refractivity contribution in [2.45, 2.75) is 13.3 Å². The van der Waals surface area contributed by atoms with Gasteiger partial charge in [0, 0.05) is 5.56 Å². The summed E-state index contributed by atoms with van der Waals surface area (Å²) in [6.45, 7) is 1.65. The zero-order valence-corrected chi connectivity index (χ0v) is 7.82. The number of nitrogens with two attached hydrogens (primary N) is 1. The van der Waals surface area contributed by atoms with Gasteiger partial charge in [-0.25, -0.2) is 4.39 Å². The third-order valence-corrected chi connectivity index (χ3v) is 2.36. The summed E-state index contributed by atoms with van der Waals surface area (Å²) in [5.74, 6) is -0.471. The SMILES string of the molecule is Cc1c(Cl)c(N)cc(F)c1CC#N. The molecule has 1 aromatic carbocycles. The first-order valence-electron chi connectivity index (χ1n) is 3.67. The zero-order valence-electron chi connectivity index (χ0n) is 7.06. The van der Waals surface area contributed by atoms with Gasteiger partial charge in [-0.1, -0.05) is 11.6 Å². The largest absolute Gasteiger partial charge is 0.397 e. The van der Waals surface area contributed by atoms with Crippen molar-refractivity contribution in [2.24, 2.45) is 0 Å². The Balaban J connectivity index is 3.36. The number of nitriles is 1. The van der Waals surface area contributed by atoms with Gasteiger partial charge in [0.1, 0.15) is 5.82 Å². The number of hydrogen-bond acceptors (Lipinski definition) is 2. The summed E-state index contributed by atoms with van der Waals surface area (Å²) in [5, 5.41) is 8.76. The topological polar surface area (TPSA) is 49.8 Å². The van der Waals surface area contributed by atoms with Gasteiger partial charge in [0.25, 0.3) is 0 Å². The van der Waals surface area contributed by atoms with Crippen LogP contribution in [0.4, 0.5) is 10.1 Å². The van der Waals surface area contributed by atoms with E-state index in [2.05, 4.69) is 0 Å². The van der Waals surface area contributed by atoms with Crippen LogP contribution < -0.4 is 5.73 Å². The van der Waals surface area contributed by atoms with Crippen LogP contribution in [0.2, 0.25) is 5.02 Å². The van der Waals surface area contributed by atoms with Crippen LogP contribution >= 0.6 is 11.6 Å². The number of rotatable bonds is 1. The molecule has 0 aliphatic carbocycles. The van der Waals surface area contributed by atoms with E-state index >= 15 is 0 Å². The molecule has 4 heteroatoms. The molecule has 0 amide bonds. The van der Waals surface area contributed by atoms with Crippen LogP contribution in [0.1, 0.15) is 11.1 Å². The Bertz CT molecular complexity index is 382. The minimum absolute atomic E-state index is 0.0116. The Morgan fingerprint density at radius 2 is 2.31 bits per heavy atom. The van der Waals surface area contributed by atoms with Crippen molar-refractivity contribution in [1.29, 1.82) is 5.26 Å². The Morgan fingerprint density at radius 1 is 1.69 bits per heavy atom. The molecule has 0 heterocycles. The lowest BCUT2D eigenvalue weighted by Crippen LogP contribution is -1.98. The molecular weight excluding hydrogens is 191 g/mol. The van der Waals surface area contributed by atoms with Gasteiger partial charge in [-0.2, -0.15) is 5.26 Å². The maximum atomic E-state index is 13.2. The van der Waals surface area contributed by atoms with Gasteiger partial charge in [-0.3, -0.25) is 0 Å². The van der Waals surface area contributed by atoms with Crippen LogP contribution in [0.3, 0.4) is 0 Å². The minimum Gasteiger partial charge on any atom is -0.397 e. The molecular formula is C9H8ClFN2. The third-order valence-electron chi connectivity index (χ3n) is 1.86. The molecule has 0 bridgehead atoms. The minimum atomic E-state index is -0.471. The van der Waals surface area contributed by atoms with Gasteiger partial charge < -0.3 is 5.73 Å². The quantitative estimate of drug-likeness (QED) is 0.705. The lowest BCUT2D eigenvalue weighted by molar-refractivity contribution is 0.614. The Morgan fingerprint density at radius 3 is 2.85 bits per heavy atom. The molecule has 0 saturated heterocycles. The molecule has 0 radical (unpaired) electrons. The van der Waals surface area contributed by atoms with E-state index in [1.165, 1.54) is 0 Å². The Hall–Kier alpha value is -1.27. The molecule has 0 aliphatic rings.